The fraction of sp³-hybridized carbons (Fsp3) is 0.167. The first kappa shape index (κ1) is 16.4. The molecule has 2 aromatic carbocycles. The van der Waals surface area contributed by atoms with Crippen molar-refractivity contribution in [3.63, 3.8) is 0 Å². The van der Waals surface area contributed by atoms with Gasteiger partial charge in [-0.2, -0.15) is 0 Å². The summed E-state index contributed by atoms with van der Waals surface area (Å²) in [6.07, 6.45) is 0. The highest BCUT2D eigenvalue weighted by atomic mass is 32.2. The Bertz CT molecular complexity index is 868. The average Bonchev–Trinajstić information content (AvgIpc) is 2.61. The molecular formula is C18H16FN3OS. The van der Waals surface area contributed by atoms with Crippen molar-refractivity contribution in [1.29, 1.82) is 0 Å². The van der Waals surface area contributed by atoms with E-state index >= 15 is 0 Å². The first-order valence-electron chi connectivity index (χ1n) is 7.60. The maximum atomic E-state index is 13.1. The highest BCUT2D eigenvalue weighted by Gasteiger charge is 2.12. The number of carbonyl (C=O) groups is 1. The number of thioether (sulfide) groups is 1. The van der Waals surface area contributed by atoms with Crippen LogP contribution in [0.3, 0.4) is 0 Å². The summed E-state index contributed by atoms with van der Waals surface area (Å²) in [5.74, 6) is -0.0244. The molecule has 1 heterocycles. The number of amides is 1. The van der Waals surface area contributed by atoms with Crippen molar-refractivity contribution >= 4 is 28.4 Å². The molecule has 0 saturated heterocycles. The van der Waals surface area contributed by atoms with Crippen LogP contribution in [0.4, 0.5) is 4.39 Å². The third-order valence-electron chi connectivity index (χ3n) is 3.49. The second-order valence-electron chi connectivity index (χ2n) is 5.15. The highest BCUT2D eigenvalue weighted by molar-refractivity contribution is 8.00. The SMILES string of the molecule is CCNC(=O)CSc1nnc(-c2ccc(F)cc2)c2ccccc12. The Morgan fingerprint density at radius 1 is 1.08 bits per heavy atom. The lowest BCUT2D eigenvalue weighted by Gasteiger charge is -2.09. The number of nitrogens with zero attached hydrogens (tertiary/aromatic N) is 2. The van der Waals surface area contributed by atoms with Gasteiger partial charge in [0.05, 0.1) is 5.75 Å². The van der Waals surface area contributed by atoms with Crippen molar-refractivity contribution in [2.45, 2.75) is 11.9 Å². The zero-order chi connectivity index (χ0) is 16.9. The summed E-state index contributed by atoms with van der Waals surface area (Å²) in [4.78, 5) is 11.7. The van der Waals surface area contributed by atoms with Gasteiger partial charge in [-0.25, -0.2) is 4.39 Å². The fourth-order valence-corrected chi connectivity index (χ4v) is 3.19. The normalized spacial score (nSPS) is 10.8. The van der Waals surface area contributed by atoms with Gasteiger partial charge in [0.15, 0.2) is 0 Å². The minimum absolute atomic E-state index is 0.0315. The Labute approximate surface area is 143 Å². The molecule has 0 unspecified atom stereocenters. The van der Waals surface area contributed by atoms with E-state index < -0.39 is 0 Å². The fourth-order valence-electron chi connectivity index (χ4n) is 2.39. The molecule has 0 spiro atoms. The highest BCUT2D eigenvalue weighted by Crippen LogP contribution is 2.31. The Balaban J connectivity index is 1.98. The number of nitrogens with one attached hydrogen (secondary N) is 1. The van der Waals surface area contributed by atoms with Crippen molar-refractivity contribution in [3.8, 4) is 11.3 Å². The molecular weight excluding hydrogens is 325 g/mol. The van der Waals surface area contributed by atoms with Crippen molar-refractivity contribution < 1.29 is 9.18 Å². The molecule has 0 aliphatic heterocycles. The predicted molar refractivity (Wildman–Crippen MR) is 94.3 cm³/mol. The van der Waals surface area contributed by atoms with E-state index in [0.29, 0.717) is 23.0 Å². The van der Waals surface area contributed by atoms with Crippen LogP contribution in [-0.2, 0) is 4.79 Å². The van der Waals surface area contributed by atoms with Crippen LogP contribution < -0.4 is 5.32 Å². The minimum atomic E-state index is -0.287. The van der Waals surface area contributed by atoms with Gasteiger partial charge >= 0.3 is 0 Å². The maximum Gasteiger partial charge on any atom is 0.230 e. The van der Waals surface area contributed by atoms with Crippen molar-refractivity contribution in [2.24, 2.45) is 0 Å². The van der Waals surface area contributed by atoms with Gasteiger partial charge in [0, 0.05) is 22.9 Å². The molecule has 6 heteroatoms. The van der Waals surface area contributed by atoms with Gasteiger partial charge in [0.1, 0.15) is 16.5 Å². The molecule has 4 nitrogen and oxygen atoms in total. The third kappa shape index (κ3) is 3.54. The Morgan fingerprint density at radius 2 is 1.79 bits per heavy atom. The van der Waals surface area contributed by atoms with Gasteiger partial charge < -0.3 is 5.32 Å². The molecule has 0 saturated carbocycles. The van der Waals surface area contributed by atoms with Crippen LogP contribution in [0.15, 0.2) is 53.6 Å². The lowest BCUT2D eigenvalue weighted by molar-refractivity contribution is -0.118. The van der Waals surface area contributed by atoms with Gasteiger partial charge in [0.2, 0.25) is 5.91 Å². The molecule has 0 fully saturated rings. The van der Waals surface area contributed by atoms with E-state index in [-0.39, 0.29) is 11.7 Å². The third-order valence-corrected chi connectivity index (χ3v) is 4.47. The topological polar surface area (TPSA) is 54.9 Å². The number of carbonyl (C=O) groups excluding carboxylic acids is 1. The van der Waals surface area contributed by atoms with Crippen LogP contribution in [0, 0.1) is 5.82 Å². The van der Waals surface area contributed by atoms with Crippen LogP contribution in [-0.4, -0.2) is 28.4 Å². The first-order chi connectivity index (χ1) is 11.7. The molecule has 1 aromatic heterocycles. The second kappa shape index (κ2) is 7.40. The van der Waals surface area contributed by atoms with E-state index in [9.17, 15) is 9.18 Å². The molecule has 1 amide bonds. The van der Waals surface area contributed by atoms with E-state index in [4.69, 9.17) is 0 Å². The van der Waals surface area contributed by atoms with E-state index in [1.807, 2.05) is 31.2 Å². The van der Waals surface area contributed by atoms with Crippen LogP contribution in [0.2, 0.25) is 0 Å². The first-order valence-corrected chi connectivity index (χ1v) is 8.58. The van der Waals surface area contributed by atoms with E-state index in [2.05, 4.69) is 15.5 Å². The lowest BCUT2D eigenvalue weighted by Crippen LogP contribution is -2.24. The minimum Gasteiger partial charge on any atom is -0.356 e. The molecule has 3 rings (SSSR count). The molecule has 0 aliphatic rings. The maximum absolute atomic E-state index is 13.1. The monoisotopic (exact) mass is 341 g/mol. The molecule has 122 valence electrons. The molecule has 0 bridgehead atoms. The smallest absolute Gasteiger partial charge is 0.230 e. The summed E-state index contributed by atoms with van der Waals surface area (Å²) in [7, 11) is 0. The van der Waals surface area contributed by atoms with Gasteiger partial charge in [0.25, 0.3) is 0 Å². The summed E-state index contributed by atoms with van der Waals surface area (Å²) in [5.41, 5.74) is 1.51. The Morgan fingerprint density at radius 3 is 2.50 bits per heavy atom. The van der Waals surface area contributed by atoms with Gasteiger partial charge in [-0.15, -0.1) is 10.2 Å². The summed E-state index contributed by atoms with van der Waals surface area (Å²) in [5, 5.41) is 13.9. The van der Waals surface area contributed by atoms with Crippen molar-refractivity contribution in [3.05, 3.63) is 54.3 Å². The number of hydrogen-bond acceptors (Lipinski definition) is 4. The number of benzene rings is 2. The number of fused-ring (bicyclic) bond motifs is 1. The van der Waals surface area contributed by atoms with Crippen molar-refractivity contribution in [1.82, 2.24) is 15.5 Å². The van der Waals surface area contributed by atoms with Crippen LogP contribution in [0.5, 0.6) is 0 Å². The number of aromatic nitrogens is 2. The molecule has 1 N–H and O–H groups in total. The summed E-state index contributed by atoms with van der Waals surface area (Å²) >= 11 is 1.36. The summed E-state index contributed by atoms with van der Waals surface area (Å²) < 4.78 is 13.1. The second-order valence-corrected chi connectivity index (χ2v) is 6.11. The largest absolute Gasteiger partial charge is 0.356 e. The van der Waals surface area contributed by atoms with Gasteiger partial charge in [-0.1, -0.05) is 36.0 Å². The van der Waals surface area contributed by atoms with E-state index in [1.54, 1.807) is 12.1 Å². The van der Waals surface area contributed by atoms with Gasteiger partial charge in [-0.3, -0.25) is 4.79 Å². The predicted octanol–water partition coefficient (Wildman–Crippen LogP) is 3.66. The molecule has 24 heavy (non-hydrogen) atoms. The molecule has 3 aromatic rings. The summed E-state index contributed by atoms with van der Waals surface area (Å²) in [6, 6.07) is 14.0. The average molecular weight is 341 g/mol. The zero-order valence-corrected chi connectivity index (χ0v) is 13.9. The van der Waals surface area contributed by atoms with E-state index in [1.165, 1.54) is 23.9 Å². The number of halogens is 1. The summed E-state index contributed by atoms with van der Waals surface area (Å²) in [6.45, 7) is 2.49. The number of rotatable bonds is 5. The zero-order valence-electron chi connectivity index (χ0n) is 13.1. The molecule has 0 aliphatic carbocycles. The van der Waals surface area contributed by atoms with Crippen LogP contribution in [0.25, 0.3) is 22.0 Å². The standard InChI is InChI=1S/C18H16FN3OS/c1-2-20-16(23)11-24-18-15-6-4-3-5-14(15)17(21-22-18)12-7-9-13(19)10-8-12/h3-10H,2,11H2,1H3,(H,20,23). The Kier molecular flexibility index (Phi) is 5.05. The van der Waals surface area contributed by atoms with Crippen LogP contribution >= 0.6 is 11.8 Å². The molecule has 0 radical (unpaired) electrons. The van der Waals surface area contributed by atoms with Crippen LogP contribution in [0.1, 0.15) is 6.92 Å². The number of hydrogen-bond donors (Lipinski definition) is 1. The van der Waals surface area contributed by atoms with Crippen molar-refractivity contribution in [2.75, 3.05) is 12.3 Å². The quantitative estimate of drug-likeness (QED) is 0.720. The lowest BCUT2D eigenvalue weighted by atomic mass is 10.1. The Hall–Kier alpha value is -2.47. The van der Waals surface area contributed by atoms with E-state index in [0.717, 1.165) is 16.3 Å². The van der Waals surface area contributed by atoms with Gasteiger partial charge in [-0.05, 0) is 31.2 Å². The molecule has 0 atom stereocenters.